The van der Waals surface area contributed by atoms with Crippen LogP contribution in [0.15, 0.2) is 24.3 Å². The number of nitro groups is 1. The number of nitrogens with zero attached hydrogens (tertiary/aromatic N) is 2. The van der Waals surface area contributed by atoms with Gasteiger partial charge in [-0.05, 0) is 12.1 Å². The summed E-state index contributed by atoms with van der Waals surface area (Å²) in [6.45, 7) is 0. The van der Waals surface area contributed by atoms with Crippen LogP contribution in [0.25, 0.3) is 0 Å². The lowest BCUT2D eigenvalue weighted by Crippen LogP contribution is -2.31. The first-order chi connectivity index (χ1) is 7.43. The lowest BCUT2D eigenvalue weighted by molar-refractivity contribution is -0.384. The van der Waals surface area contributed by atoms with Crippen molar-refractivity contribution >= 4 is 17.7 Å². The highest BCUT2D eigenvalue weighted by molar-refractivity contribution is 6.02. The SMILES string of the molecule is CN(C(=O)O)C(=O)c1ccc([N+](=O)[O-])cc1. The van der Waals surface area contributed by atoms with Crippen molar-refractivity contribution in [2.75, 3.05) is 7.05 Å². The van der Waals surface area contributed by atoms with Crippen molar-refractivity contribution in [2.45, 2.75) is 0 Å². The second kappa shape index (κ2) is 4.39. The highest BCUT2D eigenvalue weighted by Crippen LogP contribution is 2.13. The third-order valence-corrected chi connectivity index (χ3v) is 1.92. The molecule has 0 heterocycles. The highest BCUT2D eigenvalue weighted by atomic mass is 16.6. The van der Waals surface area contributed by atoms with Crippen LogP contribution in [0.5, 0.6) is 0 Å². The Kier molecular flexibility index (Phi) is 3.19. The van der Waals surface area contributed by atoms with Crippen LogP contribution in [-0.4, -0.2) is 34.0 Å². The average molecular weight is 224 g/mol. The van der Waals surface area contributed by atoms with Crippen LogP contribution in [0.1, 0.15) is 10.4 Å². The molecular weight excluding hydrogens is 216 g/mol. The summed E-state index contributed by atoms with van der Waals surface area (Å²) in [7, 11) is 1.10. The molecule has 0 aromatic heterocycles. The van der Waals surface area contributed by atoms with Crippen LogP contribution in [0, 0.1) is 10.1 Å². The van der Waals surface area contributed by atoms with Crippen LogP contribution < -0.4 is 0 Å². The third kappa shape index (κ3) is 2.32. The fourth-order valence-corrected chi connectivity index (χ4v) is 1.01. The minimum atomic E-state index is -1.39. The minimum Gasteiger partial charge on any atom is -0.465 e. The highest BCUT2D eigenvalue weighted by Gasteiger charge is 2.18. The number of benzene rings is 1. The van der Waals surface area contributed by atoms with E-state index in [1.807, 2.05) is 0 Å². The van der Waals surface area contributed by atoms with Gasteiger partial charge in [0.15, 0.2) is 0 Å². The van der Waals surface area contributed by atoms with Gasteiger partial charge in [-0.15, -0.1) is 0 Å². The number of non-ortho nitro benzene ring substituents is 1. The van der Waals surface area contributed by atoms with Crippen molar-refractivity contribution in [2.24, 2.45) is 0 Å². The molecule has 0 unspecified atom stereocenters. The van der Waals surface area contributed by atoms with Crippen molar-refractivity contribution in [1.29, 1.82) is 0 Å². The van der Waals surface area contributed by atoms with Gasteiger partial charge in [-0.2, -0.15) is 0 Å². The molecule has 1 N–H and O–H groups in total. The Morgan fingerprint density at radius 2 is 1.81 bits per heavy atom. The van der Waals surface area contributed by atoms with Crippen molar-refractivity contribution in [3.8, 4) is 0 Å². The van der Waals surface area contributed by atoms with Gasteiger partial charge in [0.25, 0.3) is 11.6 Å². The van der Waals surface area contributed by atoms with Gasteiger partial charge in [0, 0.05) is 24.7 Å². The number of rotatable bonds is 2. The maximum absolute atomic E-state index is 11.4. The molecule has 1 rings (SSSR count). The van der Waals surface area contributed by atoms with Crippen LogP contribution in [-0.2, 0) is 0 Å². The number of nitro benzene ring substituents is 1. The summed E-state index contributed by atoms with van der Waals surface area (Å²) in [5, 5.41) is 18.9. The number of hydrogen-bond acceptors (Lipinski definition) is 4. The molecule has 0 saturated carbocycles. The largest absolute Gasteiger partial charge is 0.465 e. The van der Waals surface area contributed by atoms with E-state index in [1.54, 1.807) is 0 Å². The van der Waals surface area contributed by atoms with Gasteiger partial charge in [0.2, 0.25) is 0 Å². The van der Waals surface area contributed by atoms with E-state index >= 15 is 0 Å². The summed E-state index contributed by atoms with van der Waals surface area (Å²) in [4.78, 5) is 32.2. The van der Waals surface area contributed by atoms with Crippen molar-refractivity contribution in [1.82, 2.24) is 4.90 Å². The lowest BCUT2D eigenvalue weighted by atomic mass is 10.2. The summed E-state index contributed by atoms with van der Waals surface area (Å²) in [6.07, 6.45) is -1.39. The van der Waals surface area contributed by atoms with Crippen molar-refractivity contribution in [3.63, 3.8) is 0 Å². The lowest BCUT2D eigenvalue weighted by Gasteiger charge is -2.10. The molecule has 7 nitrogen and oxygen atoms in total. The molecule has 1 aromatic carbocycles. The molecule has 0 spiro atoms. The van der Waals surface area contributed by atoms with E-state index in [9.17, 15) is 19.7 Å². The molecule has 0 bridgehead atoms. The number of carbonyl (C=O) groups is 2. The van der Waals surface area contributed by atoms with E-state index in [2.05, 4.69) is 0 Å². The predicted octanol–water partition coefficient (Wildman–Crippen LogP) is 1.34. The van der Waals surface area contributed by atoms with E-state index in [0.717, 1.165) is 19.2 Å². The summed E-state index contributed by atoms with van der Waals surface area (Å²) >= 11 is 0. The van der Waals surface area contributed by atoms with Gasteiger partial charge >= 0.3 is 6.09 Å². The maximum Gasteiger partial charge on any atom is 0.414 e. The van der Waals surface area contributed by atoms with Gasteiger partial charge in [0.05, 0.1) is 4.92 Å². The van der Waals surface area contributed by atoms with Gasteiger partial charge in [-0.25, -0.2) is 9.69 Å². The van der Waals surface area contributed by atoms with Crippen LogP contribution >= 0.6 is 0 Å². The van der Waals surface area contributed by atoms with E-state index in [4.69, 9.17) is 5.11 Å². The van der Waals surface area contributed by atoms with Gasteiger partial charge < -0.3 is 5.11 Å². The molecule has 0 radical (unpaired) electrons. The Hall–Kier alpha value is -2.44. The van der Waals surface area contributed by atoms with Crippen molar-refractivity contribution < 1.29 is 19.6 Å². The normalized spacial score (nSPS) is 9.56. The van der Waals surface area contributed by atoms with Gasteiger partial charge in [-0.1, -0.05) is 0 Å². The Labute approximate surface area is 90.1 Å². The quantitative estimate of drug-likeness (QED) is 0.603. The number of hydrogen-bond donors (Lipinski definition) is 1. The minimum absolute atomic E-state index is 0.0792. The number of carbonyl (C=O) groups excluding carboxylic acids is 1. The average Bonchev–Trinajstić information content (AvgIpc) is 2.27. The summed E-state index contributed by atoms with van der Waals surface area (Å²) in [6, 6.07) is 4.70. The Morgan fingerprint density at radius 1 is 1.31 bits per heavy atom. The smallest absolute Gasteiger partial charge is 0.414 e. The Bertz CT molecular complexity index is 440. The molecule has 2 amide bonds. The van der Waals surface area contributed by atoms with E-state index in [0.29, 0.717) is 4.90 Å². The maximum atomic E-state index is 11.4. The first kappa shape index (κ1) is 11.6. The first-order valence-electron chi connectivity index (χ1n) is 4.19. The number of carboxylic acid groups (broad SMARTS) is 1. The van der Waals surface area contributed by atoms with Gasteiger partial charge in [0.1, 0.15) is 0 Å². The second-order valence-electron chi connectivity index (χ2n) is 2.95. The molecule has 0 atom stereocenters. The molecule has 0 aliphatic heterocycles. The van der Waals surface area contributed by atoms with E-state index < -0.39 is 16.9 Å². The zero-order valence-electron chi connectivity index (χ0n) is 8.28. The molecule has 0 saturated heterocycles. The number of amides is 2. The van der Waals surface area contributed by atoms with Gasteiger partial charge in [-0.3, -0.25) is 14.9 Å². The second-order valence-corrected chi connectivity index (χ2v) is 2.95. The zero-order chi connectivity index (χ0) is 12.3. The molecule has 1 aromatic rings. The molecule has 84 valence electrons. The molecule has 0 aliphatic carbocycles. The molecule has 16 heavy (non-hydrogen) atoms. The summed E-state index contributed by atoms with van der Waals surface area (Å²) in [5.74, 6) is -0.734. The molecule has 0 aliphatic rings. The zero-order valence-corrected chi connectivity index (χ0v) is 8.28. The third-order valence-electron chi connectivity index (χ3n) is 1.92. The van der Waals surface area contributed by atoms with Crippen molar-refractivity contribution in [3.05, 3.63) is 39.9 Å². The predicted molar refractivity (Wildman–Crippen MR) is 53.2 cm³/mol. The summed E-state index contributed by atoms with van der Waals surface area (Å²) < 4.78 is 0. The monoisotopic (exact) mass is 224 g/mol. The van der Waals surface area contributed by atoms with Crippen LogP contribution in [0.3, 0.4) is 0 Å². The van der Waals surface area contributed by atoms with Crippen LogP contribution in [0.4, 0.5) is 10.5 Å². The fraction of sp³-hybridized carbons (Fsp3) is 0.111. The Morgan fingerprint density at radius 3 is 2.19 bits per heavy atom. The summed E-state index contributed by atoms with van der Waals surface area (Å²) in [5.41, 5.74) is -0.0787. The first-order valence-corrected chi connectivity index (χ1v) is 4.19. The molecular formula is C9H8N2O5. The Balaban J connectivity index is 2.94. The van der Waals surface area contributed by atoms with E-state index in [-0.39, 0.29) is 11.3 Å². The van der Waals surface area contributed by atoms with Crippen LogP contribution in [0.2, 0.25) is 0 Å². The fourth-order valence-electron chi connectivity index (χ4n) is 1.01. The topological polar surface area (TPSA) is 101 Å². The molecule has 0 fully saturated rings. The number of imide groups is 1. The van der Waals surface area contributed by atoms with E-state index in [1.165, 1.54) is 12.1 Å². The standard InChI is InChI=1S/C9H8N2O5/c1-10(9(13)14)8(12)6-2-4-7(5-3-6)11(15)16/h2-5H,1H3,(H,13,14). The molecule has 7 heteroatoms.